The molecule has 0 aliphatic carbocycles. The van der Waals surface area contributed by atoms with Crippen molar-refractivity contribution >= 4 is 17.3 Å². The van der Waals surface area contributed by atoms with Gasteiger partial charge < -0.3 is 14.8 Å². The Morgan fingerprint density at radius 1 is 1.10 bits per heavy atom. The summed E-state index contributed by atoms with van der Waals surface area (Å²) in [6.45, 7) is 0.452. The number of hydrogen-bond acceptors (Lipinski definition) is 3. The van der Waals surface area contributed by atoms with Gasteiger partial charge in [0.25, 0.3) is 0 Å². The minimum Gasteiger partial charge on any atom is -0.497 e. The van der Waals surface area contributed by atoms with Gasteiger partial charge in [-0.2, -0.15) is 0 Å². The molecular weight excluding hydrogens is 281 g/mol. The molecule has 0 fully saturated rings. The summed E-state index contributed by atoms with van der Waals surface area (Å²) in [6, 6.07) is 10.1. The third kappa shape index (κ3) is 3.33. The highest BCUT2D eigenvalue weighted by Crippen LogP contribution is 2.27. The Balaban J connectivity index is 2.10. The highest BCUT2D eigenvalue weighted by atomic mass is 35.5. The van der Waals surface area contributed by atoms with Crippen molar-refractivity contribution in [2.24, 2.45) is 0 Å². The van der Waals surface area contributed by atoms with Crippen molar-refractivity contribution in [1.82, 2.24) is 0 Å². The van der Waals surface area contributed by atoms with Crippen LogP contribution in [0.25, 0.3) is 0 Å². The summed E-state index contributed by atoms with van der Waals surface area (Å²) in [5, 5.41) is 3.73. The molecule has 5 heteroatoms. The van der Waals surface area contributed by atoms with E-state index in [2.05, 4.69) is 5.32 Å². The molecule has 0 spiro atoms. The van der Waals surface area contributed by atoms with Crippen molar-refractivity contribution in [2.75, 3.05) is 19.5 Å². The average molecular weight is 296 g/mol. The lowest BCUT2D eigenvalue weighted by molar-refractivity contribution is 0.386. The van der Waals surface area contributed by atoms with E-state index in [0.717, 1.165) is 11.3 Å². The predicted molar refractivity (Wildman–Crippen MR) is 78.3 cm³/mol. The first-order valence-corrected chi connectivity index (χ1v) is 6.41. The molecule has 106 valence electrons. The molecular formula is C15H15ClFNO2. The predicted octanol–water partition coefficient (Wildman–Crippen LogP) is 4.11. The summed E-state index contributed by atoms with van der Waals surface area (Å²) < 4.78 is 23.6. The standard InChI is InChI=1S/C15H15ClFNO2/c1-19-11-4-5-12(16)14(8-11)18-9-10-3-6-15(20-2)13(17)7-10/h3-8,18H,9H2,1-2H3. The van der Waals surface area contributed by atoms with Gasteiger partial charge in [-0.3, -0.25) is 0 Å². The van der Waals surface area contributed by atoms with E-state index in [1.54, 1.807) is 37.4 Å². The highest BCUT2D eigenvalue weighted by Gasteiger charge is 2.05. The van der Waals surface area contributed by atoms with Crippen LogP contribution in [0.3, 0.4) is 0 Å². The molecule has 0 unspecified atom stereocenters. The van der Waals surface area contributed by atoms with Crippen molar-refractivity contribution in [1.29, 1.82) is 0 Å². The molecule has 2 rings (SSSR count). The second-order valence-electron chi connectivity index (χ2n) is 4.17. The molecule has 0 atom stereocenters. The molecule has 0 aliphatic rings. The quantitative estimate of drug-likeness (QED) is 0.900. The fraction of sp³-hybridized carbons (Fsp3) is 0.200. The van der Waals surface area contributed by atoms with Crippen LogP contribution >= 0.6 is 11.6 Å². The Morgan fingerprint density at radius 3 is 2.55 bits per heavy atom. The van der Waals surface area contributed by atoms with Crippen LogP contribution in [0.5, 0.6) is 11.5 Å². The maximum Gasteiger partial charge on any atom is 0.165 e. The van der Waals surface area contributed by atoms with E-state index in [1.807, 2.05) is 0 Å². The minimum atomic E-state index is -0.386. The number of benzene rings is 2. The largest absolute Gasteiger partial charge is 0.497 e. The molecule has 20 heavy (non-hydrogen) atoms. The molecule has 0 radical (unpaired) electrons. The van der Waals surface area contributed by atoms with Crippen molar-refractivity contribution in [3.05, 3.63) is 52.8 Å². The zero-order valence-corrected chi connectivity index (χ0v) is 12.0. The first-order valence-electron chi connectivity index (χ1n) is 6.04. The van der Waals surface area contributed by atoms with Crippen LogP contribution in [0.4, 0.5) is 10.1 Å². The van der Waals surface area contributed by atoms with E-state index in [-0.39, 0.29) is 11.6 Å². The molecule has 0 aromatic heterocycles. The monoisotopic (exact) mass is 295 g/mol. The first-order chi connectivity index (χ1) is 9.63. The van der Waals surface area contributed by atoms with Crippen molar-refractivity contribution in [2.45, 2.75) is 6.54 Å². The van der Waals surface area contributed by atoms with Crippen LogP contribution in [0, 0.1) is 5.82 Å². The van der Waals surface area contributed by atoms with E-state index < -0.39 is 0 Å². The minimum absolute atomic E-state index is 0.230. The van der Waals surface area contributed by atoms with Gasteiger partial charge in [-0.25, -0.2) is 4.39 Å². The van der Waals surface area contributed by atoms with Crippen molar-refractivity contribution in [3.8, 4) is 11.5 Å². The normalized spacial score (nSPS) is 10.2. The van der Waals surface area contributed by atoms with Gasteiger partial charge in [-0.15, -0.1) is 0 Å². The third-order valence-corrected chi connectivity index (χ3v) is 3.20. The van der Waals surface area contributed by atoms with Crippen LogP contribution in [0.1, 0.15) is 5.56 Å². The number of hydrogen-bond donors (Lipinski definition) is 1. The van der Waals surface area contributed by atoms with Crippen LogP contribution in [-0.2, 0) is 6.54 Å². The lowest BCUT2D eigenvalue weighted by atomic mass is 10.2. The van der Waals surface area contributed by atoms with Gasteiger partial charge in [-0.05, 0) is 29.8 Å². The summed E-state index contributed by atoms with van der Waals surface area (Å²) in [4.78, 5) is 0. The molecule has 0 saturated carbocycles. The Hall–Kier alpha value is -1.94. The van der Waals surface area contributed by atoms with Gasteiger partial charge in [0.15, 0.2) is 11.6 Å². The zero-order chi connectivity index (χ0) is 14.5. The van der Waals surface area contributed by atoms with E-state index >= 15 is 0 Å². The zero-order valence-electron chi connectivity index (χ0n) is 11.2. The SMILES string of the molecule is COc1ccc(Cl)c(NCc2ccc(OC)c(F)c2)c1. The van der Waals surface area contributed by atoms with Crippen LogP contribution in [-0.4, -0.2) is 14.2 Å². The molecule has 1 N–H and O–H groups in total. The van der Waals surface area contributed by atoms with Gasteiger partial charge in [-0.1, -0.05) is 17.7 Å². The van der Waals surface area contributed by atoms with Gasteiger partial charge in [0.2, 0.25) is 0 Å². The topological polar surface area (TPSA) is 30.5 Å². The smallest absolute Gasteiger partial charge is 0.165 e. The van der Waals surface area contributed by atoms with E-state index in [1.165, 1.54) is 13.2 Å². The summed E-state index contributed by atoms with van der Waals surface area (Å²) in [5.74, 6) is 0.550. The average Bonchev–Trinajstić information content (AvgIpc) is 2.46. The Labute approximate surface area is 122 Å². The number of methoxy groups -OCH3 is 2. The van der Waals surface area contributed by atoms with Crippen LogP contribution in [0.2, 0.25) is 5.02 Å². The maximum atomic E-state index is 13.6. The Morgan fingerprint density at radius 2 is 1.90 bits per heavy atom. The number of ether oxygens (including phenoxy) is 2. The van der Waals surface area contributed by atoms with E-state index in [0.29, 0.717) is 17.3 Å². The molecule has 0 aliphatic heterocycles. The number of rotatable bonds is 5. The lowest BCUT2D eigenvalue weighted by Gasteiger charge is -2.11. The molecule has 0 heterocycles. The molecule has 0 amide bonds. The molecule has 2 aromatic rings. The maximum absolute atomic E-state index is 13.6. The number of anilines is 1. The lowest BCUT2D eigenvalue weighted by Crippen LogP contribution is -2.01. The second-order valence-corrected chi connectivity index (χ2v) is 4.58. The molecule has 2 aromatic carbocycles. The number of halogens is 2. The third-order valence-electron chi connectivity index (χ3n) is 2.87. The van der Waals surface area contributed by atoms with Crippen LogP contribution in [0.15, 0.2) is 36.4 Å². The number of nitrogens with one attached hydrogen (secondary N) is 1. The summed E-state index contributed by atoms with van der Waals surface area (Å²) in [5.41, 5.74) is 1.53. The van der Waals surface area contributed by atoms with Gasteiger partial charge >= 0.3 is 0 Å². The van der Waals surface area contributed by atoms with Crippen molar-refractivity contribution < 1.29 is 13.9 Å². The van der Waals surface area contributed by atoms with Gasteiger partial charge in [0.05, 0.1) is 24.9 Å². The molecule has 0 bridgehead atoms. The highest BCUT2D eigenvalue weighted by molar-refractivity contribution is 6.33. The van der Waals surface area contributed by atoms with Gasteiger partial charge in [0, 0.05) is 12.6 Å². The van der Waals surface area contributed by atoms with E-state index in [9.17, 15) is 4.39 Å². The Bertz CT molecular complexity index is 604. The summed E-state index contributed by atoms with van der Waals surface area (Å²) >= 11 is 6.09. The van der Waals surface area contributed by atoms with Crippen LogP contribution < -0.4 is 14.8 Å². The molecule has 0 saturated heterocycles. The molecule has 3 nitrogen and oxygen atoms in total. The fourth-order valence-electron chi connectivity index (χ4n) is 1.78. The second kappa shape index (κ2) is 6.48. The first kappa shape index (κ1) is 14.5. The van der Waals surface area contributed by atoms with Gasteiger partial charge in [0.1, 0.15) is 5.75 Å². The summed E-state index contributed by atoms with van der Waals surface area (Å²) in [6.07, 6.45) is 0. The Kier molecular flexibility index (Phi) is 4.69. The fourth-order valence-corrected chi connectivity index (χ4v) is 1.97. The van der Waals surface area contributed by atoms with Crippen molar-refractivity contribution in [3.63, 3.8) is 0 Å². The summed E-state index contributed by atoms with van der Waals surface area (Å²) in [7, 11) is 3.03. The van der Waals surface area contributed by atoms with E-state index in [4.69, 9.17) is 21.1 Å².